The van der Waals surface area contributed by atoms with Gasteiger partial charge in [-0.3, -0.25) is 4.79 Å². The van der Waals surface area contributed by atoms with Crippen molar-refractivity contribution >= 4 is 11.9 Å². The third kappa shape index (κ3) is 4.23. The molecule has 0 saturated carbocycles. The number of esters is 2. The summed E-state index contributed by atoms with van der Waals surface area (Å²) in [7, 11) is 1.35. The van der Waals surface area contributed by atoms with Crippen molar-refractivity contribution in [1.29, 1.82) is 0 Å². The molecule has 4 nitrogen and oxygen atoms in total. The first-order chi connectivity index (χ1) is 13.1. The Morgan fingerprint density at radius 3 is 2.11 bits per heavy atom. The molecule has 0 aliphatic carbocycles. The van der Waals surface area contributed by atoms with Gasteiger partial charge >= 0.3 is 11.9 Å². The van der Waals surface area contributed by atoms with Crippen LogP contribution in [0.25, 0.3) is 11.1 Å². The van der Waals surface area contributed by atoms with E-state index < -0.39 is 11.9 Å². The third-order valence-corrected chi connectivity index (χ3v) is 4.36. The second kappa shape index (κ2) is 8.32. The molecule has 0 bridgehead atoms. The van der Waals surface area contributed by atoms with Crippen molar-refractivity contribution in [2.45, 2.75) is 12.8 Å². The van der Waals surface area contributed by atoms with E-state index in [0.717, 1.165) is 16.7 Å². The normalized spacial score (nSPS) is 11.5. The van der Waals surface area contributed by atoms with Gasteiger partial charge in [-0.05, 0) is 36.2 Å². The Morgan fingerprint density at radius 2 is 1.48 bits per heavy atom. The number of carbonyl (C=O) groups is 2. The maximum absolute atomic E-state index is 12.6. The second-order valence-electron chi connectivity index (χ2n) is 6.12. The van der Waals surface area contributed by atoms with Gasteiger partial charge in [-0.15, -0.1) is 0 Å². The van der Waals surface area contributed by atoms with E-state index in [1.165, 1.54) is 7.11 Å². The smallest absolute Gasteiger partial charge is 0.343 e. The highest BCUT2D eigenvalue weighted by atomic mass is 16.5. The molecule has 3 aromatic rings. The van der Waals surface area contributed by atoms with Crippen molar-refractivity contribution < 1.29 is 19.1 Å². The summed E-state index contributed by atoms with van der Waals surface area (Å²) in [5, 5.41) is 0. The Hall–Kier alpha value is -3.40. The SMILES string of the molecule is COC(=O)C(C)c1ccc(-c2ccccc2)c(OC(=O)c2ccccc2)c1. The molecule has 0 radical (unpaired) electrons. The van der Waals surface area contributed by atoms with Crippen LogP contribution in [0.1, 0.15) is 28.8 Å². The fourth-order valence-electron chi connectivity index (χ4n) is 2.79. The topological polar surface area (TPSA) is 52.6 Å². The van der Waals surface area contributed by atoms with Crippen LogP contribution in [0.15, 0.2) is 78.9 Å². The van der Waals surface area contributed by atoms with E-state index in [-0.39, 0.29) is 5.97 Å². The number of methoxy groups -OCH3 is 1. The van der Waals surface area contributed by atoms with Gasteiger partial charge in [0.25, 0.3) is 0 Å². The van der Waals surface area contributed by atoms with Crippen molar-refractivity contribution in [3.05, 3.63) is 90.0 Å². The number of benzene rings is 3. The molecule has 0 aliphatic heterocycles. The van der Waals surface area contributed by atoms with Crippen molar-refractivity contribution in [1.82, 2.24) is 0 Å². The summed E-state index contributed by atoms with van der Waals surface area (Å²) in [6.07, 6.45) is 0. The predicted molar refractivity (Wildman–Crippen MR) is 104 cm³/mol. The number of hydrogen-bond donors (Lipinski definition) is 0. The molecule has 0 aromatic heterocycles. The zero-order valence-electron chi connectivity index (χ0n) is 15.2. The van der Waals surface area contributed by atoms with Gasteiger partial charge < -0.3 is 9.47 Å². The van der Waals surface area contributed by atoms with Crippen molar-refractivity contribution in [3.63, 3.8) is 0 Å². The summed E-state index contributed by atoms with van der Waals surface area (Å²) in [6, 6.07) is 23.9. The summed E-state index contributed by atoms with van der Waals surface area (Å²) in [6.45, 7) is 1.76. The molecule has 4 heteroatoms. The predicted octanol–water partition coefficient (Wildman–Crippen LogP) is 4.85. The maximum Gasteiger partial charge on any atom is 0.343 e. The van der Waals surface area contributed by atoms with E-state index in [1.54, 1.807) is 37.3 Å². The van der Waals surface area contributed by atoms with Crippen LogP contribution in [0.2, 0.25) is 0 Å². The highest BCUT2D eigenvalue weighted by Crippen LogP contribution is 2.34. The monoisotopic (exact) mass is 360 g/mol. The Kier molecular flexibility index (Phi) is 5.67. The number of rotatable bonds is 5. The Morgan fingerprint density at radius 1 is 0.852 bits per heavy atom. The second-order valence-corrected chi connectivity index (χ2v) is 6.12. The molecular weight excluding hydrogens is 340 g/mol. The van der Waals surface area contributed by atoms with Crippen LogP contribution in [0.5, 0.6) is 5.75 Å². The van der Waals surface area contributed by atoms with E-state index in [0.29, 0.717) is 11.3 Å². The first-order valence-electron chi connectivity index (χ1n) is 8.64. The van der Waals surface area contributed by atoms with E-state index in [9.17, 15) is 9.59 Å². The molecule has 0 N–H and O–H groups in total. The number of carbonyl (C=O) groups excluding carboxylic acids is 2. The fraction of sp³-hybridized carbons (Fsp3) is 0.130. The highest BCUT2D eigenvalue weighted by molar-refractivity contribution is 5.92. The minimum Gasteiger partial charge on any atom is -0.469 e. The highest BCUT2D eigenvalue weighted by Gasteiger charge is 2.19. The molecule has 1 unspecified atom stereocenters. The van der Waals surface area contributed by atoms with Crippen molar-refractivity contribution in [2.75, 3.05) is 7.11 Å². The lowest BCUT2D eigenvalue weighted by Crippen LogP contribution is -2.12. The summed E-state index contributed by atoms with van der Waals surface area (Å²) >= 11 is 0. The van der Waals surface area contributed by atoms with E-state index in [1.807, 2.05) is 48.5 Å². The maximum atomic E-state index is 12.6. The molecule has 0 heterocycles. The number of ether oxygens (including phenoxy) is 2. The molecule has 136 valence electrons. The summed E-state index contributed by atoms with van der Waals surface area (Å²) in [5.74, 6) is -0.851. The zero-order valence-corrected chi connectivity index (χ0v) is 15.2. The minimum absolute atomic E-state index is 0.345. The largest absolute Gasteiger partial charge is 0.469 e. The molecule has 0 aliphatic rings. The van der Waals surface area contributed by atoms with Crippen LogP contribution in [0.3, 0.4) is 0 Å². The van der Waals surface area contributed by atoms with Crippen LogP contribution in [0, 0.1) is 0 Å². The minimum atomic E-state index is -0.464. The van der Waals surface area contributed by atoms with Crippen molar-refractivity contribution in [2.24, 2.45) is 0 Å². The van der Waals surface area contributed by atoms with Gasteiger partial charge in [-0.1, -0.05) is 60.7 Å². The Labute approximate surface area is 158 Å². The molecule has 0 fully saturated rings. The average molecular weight is 360 g/mol. The summed E-state index contributed by atoms with van der Waals surface area (Å²) in [4.78, 5) is 24.4. The summed E-state index contributed by atoms with van der Waals surface area (Å²) < 4.78 is 10.5. The summed E-state index contributed by atoms with van der Waals surface area (Å²) in [5.41, 5.74) is 2.88. The molecular formula is C23H20O4. The van der Waals surface area contributed by atoms with Crippen LogP contribution in [0.4, 0.5) is 0 Å². The van der Waals surface area contributed by atoms with Crippen molar-refractivity contribution in [3.8, 4) is 16.9 Å². The van der Waals surface area contributed by atoms with Crippen LogP contribution in [-0.4, -0.2) is 19.0 Å². The lowest BCUT2D eigenvalue weighted by atomic mass is 9.96. The molecule has 3 aromatic carbocycles. The molecule has 27 heavy (non-hydrogen) atoms. The van der Waals surface area contributed by atoms with E-state index >= 15 is 0 Å². The molecule has 3 rings (SSSR count). The van der Waals surface area contributed by atoms with Gasteiger partial charge in [0.05, 0.1) is 18.6 Å². The lowest BCUT2D eigenvalue weighted by Gasteiger charge is -2.15. The average Bonchev–Trinajstić information content (AvgIpc) is 2.73. The molecule has 0 saturated heterocycles. The first-order valence-corrected chi connectivity index (χ1v) is 8.64. The molecule has 0 spiro atoms. The van der Waals surface area contributed by atoms with Gasteiger partial charge in [-0.2, -0.15) is 0 Å². The van der Waals surface area contributed by atoms with Gasteiger partial charge in [0.2, 0.25) is 0 Å². The van der Waals surface area contributed by atoms with Crippen LogP contribution < -0.4 is 4.74 Å². The Balaban J connectivity index is 2.01. The first kappa shape index (κ1) is 18.4. The van der Waals surface area contributed by atoms with Gasteiger partial charge in [0, 0.05) is 5.56 Å². The van der Waals surface area contributed by atoms with Crippen LogP contribution >= 0.6 is 0 Å². The standard InChI is InChI=1S/C23H20O4/c1-16(22(24)26-2)19-13-14-20(17-9-5-3-6-10-17)21(15-19)27-23(25)18-11-7-4-8-12-18/h3-16H,1-2H3. The van der Waals surface area contributed by atoms with Crippen LogP contribution in [-0.2, 0) is 9.53 Å². The van der Waals surface area contributed by atoms with Gasteiger partial charge in [0.15, 0.2) is 0 Å². The Bertz CT molecular complexity index is 933. The molecule has 1 atom stereocenters. The third-order valence-electron chi connectivity index (χ3n) is 4.36. The molecule has 0 amide bonds. The van der Waals surface area contributed by atoms with E-state index in [2.05, 4.69) is 0 Å². The number of hydrogen-bond acceptors (Lipinski definition) is 4. The lowest BCUT2D eigenvalue weighted by molar-refractivity contribution is -0.141. The zero-order chi connectivity index (χ0) is 19.2. The van der Waals surface area contributed by atoms with Gasteiger partial charge in [-0.25, -0.2) is 4.79 Å². The quantitative estimate of drug-likeness (QED) is 0.482. The van der Waals surface area contributed by atoms with E-state index in [4.69, 9.17) is 9.47 Å². The fourth-order valence-corrected chi connectivity index (χ4v) is 2.79. The van der Waals surface area contributed by atoms with Gasteiger partial charge in [0.1, 0.15) is 5.75 Å².